The summed E-state index contributed by atoms with van der Waals surface area (Å²) < 4.78 is 1.25. The first-order chi connectivity index (χ1) is 6.15. The summed E-state index contributed by atoms with van der Waals surface area (Å²) in [6.07, 6.45) is 1.79. The summed E-state index contributed by atoms with van der Waals surface area (Å²) in [5, 5.41) is 14.4. The number of carboxylic acid groups (broad SMARTS) is 1. The molecule has 0 saturated carbocycles. The molecule has 0 fully saturated rings. The molecular weight excluding hydrogens is 174 g/mol. The van der Waals surface area contributed by atoms with Gasteiger partial charge in [0.1, 0.15) is 6.33 Å². The molecule has 1 heterocycles. The van der Waals surface area contributed by atoms with Crippen LogP contribution in [0.4, 0.5) is 0 Å². The molecule has 6 nitrogen and oxygen atoms in total. The van der Waals surface area contributed by atoms with Gasteiger partial charge in [-0.3, -0.25) is 9.36 Å². The molecule has 1 atom stereocenters. The molecule has 0 amide bonds. The van der Waals surface area contributed by atoms with Crippen LogP contribution in [0, 0.1) is 5.92 Å². The van der Waals surface area contributed by atoms with Crippen molar-refractivity contribution >= 4 is 5.97 Å². The van der Waals surface area contributed by atoms with Crippen molar-refractivity contribution in [1.29, 1.82) is 0 Å². The normalized spacial score (nSPS) is 12.7. The summed E-state index contributed by atoms with van der Waals surface area (Å²) >= 11 is 0. The van der Waals surface area contributed by atoms with Crippen LogP contribution in [0.2, 0.25) is 0 Å². The Morgan fingerprint density at radius 1 is 1.85 bits per heavy atom. The van der Waals surface area contributed by atoms with E-state index in [0.717, 1.165) is 0 Å². The quantitative estimate of drug-likeness (QED) is 0.673. The predicted molar refractivity (Wildman–Crippen MR) is 44.3 cm³/mol. The van der Waals surface area contributed by atoms with Crippen molar-refractivity contribution in [2.75, 3.05) is 0 Å². The zero-order chi connectivity index (χ0) is 9.84. The lowest BCUT2D eigenvalue weighted by atomic mass is 10.1. The van der Waals surface area contributed by atoms with Gasteiger partial charge in [0.25, 0.3) is 0 Å². The maximum atomic E-state index is 10.9. The molecule has 1 aromatic heterocycles. The number of hydrogen-bond acceptors (Lipinski definition) is 3. The summed E-state index contributed by atoms with van der Waals surface area (Å²) in [7, 11) is 0. The van der Waals surface area contributed by atoms with E-state index >= 15 is 0 Å². The van der Waals surface area contributed by atoms with E-state index in [1.807, 2.05) is 0 Å². The summed E-state index contributed by atoms with van der Waals surface area (Å²) in [6.45, 7) is 1.94. The SMILES string of the molecule is CCC(Cn1cn[nH]c1=O)C(=O)O. The third-order valence-corrected chi connectivity index (χ3v) is 1.88. The van der Waals surface area contributed by atoms with E-state index in [4.69, 9.17) is 5.11 Å². The Morgan fingerprint density at radius 2 is 2.54 bits per heavy atom. The fourth-order valence-corrected chi connectivity index (χ4v) is 1.02. The highest BCUT2D eigenvalue weighted by Gasteiger charge is 2.16. The minimum Gasteiger partial charge on any atom is -0.481 e. The fourth-order valence-electron chi connectivity index (χ4n) is 1.02. The van der Waals surface area contributed by atoms with E-state index in [1.165, 1.54) is 10.9 Å². The molecule has 0 aliphatic heterocycles. The molecule has 6 heteroatoms. The van der Waals surface area contributed by atoms with Gasteiger partial charge in [0.15, 0.2) is 0 Å². The van der Waals surface area contributed by atoms with Gasteiger partial charge in [-0.25, -0.2) is 9.89 Å². The number of rotatable bonds is 4. The number of carboxylic acids is 1. The molecular formula is C7H11N3O3. The highest BCUT2D eigenvalue weighted by Crippen LogP contribution is 2.04. The van der Waals surface area contributed by atoms with Crippen molar-refractivity contribution in [3.8, 4) is 0 Å². The standard InChI is InChI=1S/C7H11N3O3/c1-2-5(6(11)12)3-10-4-8-9-7(10)13/h4-5H,2-3H2,1H3,(H,9,13)(H,11,12). The van der Waals surface area contributed by atoms with E-state index in [9.17, 15) is 9.59 Å². The molecule has 2 N–H and O–H groups in total. The first-order valence-corrected chi connectivity index (χ1v) is 3.97. The van der Waals surface area contributed by atoms with Gasteiger partial charge in [-0.05, 0) is 6.42 Å². The Balaban J connectivity index is 2.73. The zero-order valence-corrected chi connectivity index (χ0v) is 7.23. The first kappa shape index (κ1) is 9.50. The van der Waals surface area contributed by atoms with E-state index in [1.54, 1.807) is 6.92 Å². The summed E-state index contributed by atoms with van der Waals surface area (Å²) in [5.74, 6) is -1.43. The van der Waals surface area contributed by atoms with Gasteiger partial charge in [0.05, 0.1) is 5.92 Å². The molecule has 0 radical (unpaired) electrons. The average Bonchev–Trinajstić information content (AvgIpc) is 2.46. The minimum absolute atomic E-state index is 0.168. The van der Waals surface area contributed by atoms with Crippen LogP contribution in [0.5, 0.6) is 0 Å². The molecule has 72 valence electrons. The molecule has 0 bridgehead atoms. The molecule has 13 heavy (non-hydrogen) atoms. The van der Waals surface area contributed by atoms with Gasteiger partial charge in [0.2, 0.25) is 0 Å². The van der Waals surface area contributed by atoms with Crippen molar-refractivity contribution in [3.05, 3.63) is 16.8 Å². The van der Waals surface area contributed by atoms with Crippen molar-refractivity contribution in [2.45, 2.75) is 19.9 Å². The smallest absolute Gasteiger partial charge is 0.343 e. The van der Waals surface area contributed by atoms with Gasteiger partial charge in [-0.1, -0.05) is 6.92 Å². The van der Waals surface area contributed by atoms with Crippen LogP contribution in [0.15, 0.2) is 11.1 Å². The van der Waals surface area contributed by atoms with Crippen LogP contribution in [0.3, 0.4) is 0 Å². The van der Waals surface area contributed by atoms with E-state index in [2.05, 4.69) is 10.2 Å². The topological polar surface area (TPSA) is 88.0 Å². The van der Waals surface area contributed by atoms with Gasteiger partial charge in [0, 0.05) is 6.54 Å². The maximum absolute atomic E-state index is 10.9. The summed E-state index contributed by atoms with van der Waals surface area (Å²) in [4.78, 5) is 21.6. The number of aliphatic carboxylic acids is 1. The lowest BCUT2D eigenvalue weighted by molar-refractivity contribution is -0.142. The monoisotopic (exact) mass is 185 g/mol. The third kappa shape index (κ3) is 2.17. The fraction of sp³-hybridized carbons (Fsp3) is 0.571. The van der Waals surface area contributed by atoms with Crippen molar-refractivity contribution in [2.24, 2.45) is 5.92 Å². The number of hydrogen-bond donors (Lipinski definition) is 2. The highest BCUT2D eigenvalue weighted by atomic mass is 16.4. The molecule has 0 saturated heterocycles. The van der Waals surface area contributed by atoms with Crippen LogP contribution in [-0.4, -0.2) is 25.8 Å². The number of aromatic nitrogens is 3. The van der Waals surface area contributed by atoms with Crippen molar-refractivity contribution in [3.63, 3.8) is 0 Å². The predicted octanol–water partition coefficient (Wildman–Crippen LogP) is -0.318. The third-order valence-electron chi connectivity index (χ3n) is 1.88. The molecule has 1 rings (SSSR count). The maximum Gasteiger partial charge on any atom is 0.343 e. The molecule has 0 aromatic carbocycles. The van der Waals surface area contributed by atoms with Crippen LogP contribution in [-0.2, 0) is 11.3 Å². The second-order valence-corrected chi connectivity index (χ2v) is 2.76. The van der Waals surface area contributed by atoms with Gasteiger partial charge in [-0.2, -0.15) is 5.10 Å². The second-order valence-electron chi connectivity index (χ2n) is 2.76. The highest BCUT2D eigenvalue weighted by molar-refractivity contribution is 5.69. The summed E-state index contributed by atoms with van der Waals surface area (Å²) in [5.41, 5.74) is -0.375. The molecule has 0 aliphatic carbocycles. The zero-order valence-electron chi connectivity index (χ0n) is 7.23. The van der Waals surface area contributed by atoms with Gasteiger partial charge in [-0.15, -0.1) is 0 Å². The van der Waals surface area contributed by atoms with Crippen LogP contribution in [0.1, 0.15) is 13.3 Å². The van der Waals surface area contributed by atoms with Crippen LogP contribution in [0.25, 0.3) is 0 Å². The Bertz CT molecular complexity index is 341. The Morgan fingerprint density at radius 3 is 2.92 bits per heavy atom. The Hall–Kier alpha value is -1.59. The second kappa shape index (κ2) is 3.88. The molecule has 0 spiro atoms. The van der Waals surface area contributed by atoms with Crippen molar-refractivity contribution in [1.82, 2.24) is 14.8 Å². The number of carbonyl (C=O) groups is 1. The van der Waals surface area contributed by atoms with Crippen molar-refractivity contribution < 1.29 is 9.90 Å². The number of aromatic amines is 1. The largest absolute Gasteiger partial charge is 0.481 e. The molecule has 1 unspecified atom stereocenters. The van der Waals surface area contributed by atoms with E-state index < -0.39 is 11.9 Å². The van der Waals surface area contributed by atoms with Gasteiger partial charge >= 0.3 is 11.7 Å². The Kier molecular flexibility index (Phi) is 2.84. The lowest BCUT2D eigenvalue weighted by Crippen LogP contribution is -2.25. The van der Waals surface area contributed by atoms with Crippen LogP contribution < -0.4 is 5.69 Å². The number of nitrogens with one attached hydrogen (secondary N) is 1. The minimum atomic E-state index is -0.893. The number of H-pyrrole nitrogens is 1. The van der Waals surface area contributed by atoms with Gasteiger partial charge < -0.3 is 5.11 Å². The molecule has 1 aromatic rings. The summed E-state index contributed by atoms with van der Waals surface area (Å²) in [6, 6.07) is 0. The number of nitrogens with zero attached hydrogens (tertiary/aromatic N) is 2. The van der Waals surface area contributed by atoms with E-state index in [-0.39, 0.29) is 12.2 Å². The van der Waals surface area contributed by atoms with Crippen LogP contribution >= 0.6 is 0 Å². The molecule has 0 aliphatic rings. The first-order valence-electron chi connectivity index (χ1n) is 3.97. The average molecular weight is 185 g/mol. The van der Waals surface area contributed by atoms with E-state index in [0.29, 0.717) is 6.42 Å². The Labute approximate surface area is 74.2 Å². The lowest BCUT2D eigenvalue weighted by Gasteiger charge is -2.07.